The van der Waals surface area contributed by atoms with Crippen LogP contribution in [0.5, 0.6) is 0 Å². The molecule has 1 heterocycles. The van der Waals surface area contributed by atoms with E-state index in [4.69, 9.17) is 15.4 Å². The Kier molecular flexibility index (Phi) is 8.82. The molecule has 0 aromatic carbocycles. The topological polar surface area (TPSA) is 105 Å². The van der Waals surface area contributed by atoms with Crippen LogP contribution in [0.25, 0.3) is 0 Å². The molecule has 3 aliphatic carbocycles. The predicted octanol–water partition coefficient (Wildman–Crippen LogP) is 4.64. The van der Waals surface area contributed by atoms with Crippen molar-refractivity contribution in [3.8, 4) is 0 Å². The summed E-state index contributed by atoms with van der Waals surface area (Å²) in [4.78, 5) is 5.01. The van der Waals surface area contributed by atoms with Gasteiger partial charge in [-0.3, -0.25) is 5.26 Å². The second-order valence-electron chi connectivity index (χ2n) is 14.0. The Morgan fingerprint density at radius 3 is 2.14 bits per heavy atom. The molecule has 2 saturated carbocycles. The summed E-state index contributed by atoms with van der Waals surface area (Å²) in [5, 5.41) is 33.1. The molecule has 3 fully saturated rings. The molecule has 4 aliphatic rings. The molecule has 1 aliphatic heterocycles. The molecule has 7 heteroatoms. The molecule has 11 unspecified atom stereocenters. The van der Waals surface area contributed by atoms with E-state index in [0.717, 1.165) is 12.8 Å². The molecule has 0 aromatic heterocycles. The zero-order valence-electron chi connectivity index (χ0n) is 24.2. The van der Waals surface area contributed by atoms with Crippen molar-refractivity contribution in [1.82, 2.24) is 0 Å². The predicted molar refractivity (Wildman–Crippen MR) is 137 cm³/mol. The van der Waals surface area contributed by atoms with Crippen LogP contribution < -0.4 is 5.73 Å². The maximum absolute atomic E-state index is 12.2. The number of aliphatic hydroxyl groups excluding tert-OH is 1. The fourth-order valence-electron chi connectivity index (χ4n) is 9.80. The minimum absolute atomic E-state index is 0. The molecule has 6 nitrogen and oxygen atoms in total. The van der Waals surface area contributed by atoms with Gasteiger partial charge in [-0.1, -0.05) is 66.5 Å². The van der Waals surface area contributed by atoms with Crippen LogP contribution >= 0.6 is 0 Å². The van der Waals surface area contributed by atoms with E-state index in [2.05, 4.69) is 62.3 Å². The number of ether oxygens (including phenoxy) is 1. The third-order valence-corrected chi connectivity index (χ3v) is 12.7. The van der Waals surface area contributed by atoms with Crippen molar-refractivity contribution in [2.45, 2.75) is 112 Å². The van der Waals surface area contributed by atoms with Gasteiger partial charge in [0, 0.05) is 61.9 Å². The number of rotatable bonds is 4. The van der Waals surface area contributed by atoms with Gasteiger partial charge in [0.25, 0.3) is 0 Å². The van der Waals surface area contributed by atoms with Gasteiger partial charge in [-0.15, -0.1) is 0 Å². The van der Waals surface area contributed by atoms with Crippen LogP contribution in [0.4, 0.5) is 0 Å². The van der Waals surface area contributed by atoms with Gasteiger partial charge < -0.3 is 20.7 Å². The molecule has 1 saturated heterocycles. The average molecular weight is 721 g/mol. The second kappa shape index (κ2) is 10.1. The van der Waals surface area contributed by atoms with E-state index in [1.807, 2.05) is 0 Å². The van der Waals surface area contributed by atoms with E-state index in [9.17, 15) is 15.5 Å². The average Bonchev–Trinajstić information content (AvgIpc) is 2.77. The van der Waals surface area contributed by atoms with Crippen LogP contribution in [-0.4, -0.2) is 52.0 Å². The summed E-state index contributed by atoms with van der Waals surface area (Å²) in [7, 11) is 0. The Balaban J connectivity index is 0.00000361. The monoisotopic (exact) mass is 720 g/mol. The van der Waals surface area contributed by atoms with Crippen molar-refractivity contribution in [3.63, 3.8) is 0 Å². The molecule has 1 radical (unpaired) electrons. The van der Waals surface area contributed by atoms with Gasteiger partial charge in [0.2, 0.25) is 0 Å². The zero-order valence-corrected chi connectivity index (χ0v) is 29.0. The maximum Gasteiger partial charge on any atom is 0.126 e. The molecule has 0 spiro atoms. The molecule has 0 amide bonds. The summed E-state index contributed by atoms with van der Waals surface area (Å²) in [6, 6.07) is -0.526. The van der Waals surface area contributed by atoms with Crippen molar-refractivity contribution >= 4 is 0 Å². The third kappa shape index (κ3) is 3.95. The van der Waals surface area contributed by atoms with Gasteiger partial charge in [0.1, 0.15) is 11.7 Å². The summed E-state index contributed by atoms with van der Waals surface area (Å²) >= 11 is 0. The summed E-state index contributed by atoms with van der Waals surface area (Å²) in [6.07, 6.45) is -0.235. The van der Waals surface area contributed by atoms with Gasteiger partial charge >= 0.3 is 0 Å². The van der Waals surface area contributed by atoms with Crippen molar-refractivity contribution in [2.75, 3.05) is 6.61 Å². The van der Waals surface area contributed by atoms with E-state index >= 15 is 0 Å². The quantitative estimate of drug-likeness (QED) is 0.192. The molecule has 2 bridgehead atoms. The van der Waals surface area contributed by atoms with Crippen LogP contribution in [-0.2, 0) is 9.62 Å². The van der Waals surface area contributed by atoms with Gasteiger partial charge in [-0.2, -0.15) is 0 Å². The van der Waals surface area contributed by atoms with E-state index in [0.29, 0.717) is 18.4 Å². The van der Waals surface area contributed by atoms with Gasteiger partial charge in [0.05, 0.1) is 18.8 Å². The van der Waals surface area contributed by atoms with Crippen molar-refractivity contribution in [3.05, 3.63) is 11.1 Å². The van der Waals surface area contributed by atoms with Crippen LogP contribution in [0.1, 0.15) is 82.1 Å². The summed E-state index contributed by atoms with van der Waals surface area (Å²) in [5.74, 6) is 1.10. The zero-order chi connectivity index (χ0) is 26.5. The van der Waals surface area contributed by atoms with Crippen LogP contribution in [0.2, 0.25) is 0 Å². The molecule has 13 atom stereocenters. The Morgan fingerprint density at radius 1 is 1.08 bits per heavy atom. The van der Waals surface area contributed by atoms with Crippen molar-refractivity contribution < 1.29 is 69.2 Å². The maximum atomic E-state index is 12.2. The summed E-state index contributed by atoms with van der Waals surface area (Å²) in [5.41, 5.74) is 7.47. The fraction of sp³-hybridized carbons (Fsp3) is 0.931. The number of hydrogen-bond donors (Lipinski definition) is 4. The first kappa shape index (κ1) is 31.5. The van der Waals surface area contributed by atoms with Crippen LogP contribution in [0.3, 0.4) is 0 Å². The van der Waals surface area contributed by atoms with E-state index in [-0.39, 0.29) is 90.1 Å². The Hall–Kier alpha value is 0.942. The number of fused-ring (bicyclic) bond motifs is 5. The molecular weight excluding hydrogens is 669 g/mol. The van der Waals surface area contributed by atoms with Crippen molar-refractivity contribution in [1.29, 1.82) is 0 Å². The second-order valence-corrected chi connectivity index (χ2v) is 14.0. The van der Waals surface area contributed by atoms with Crippen LogP contribution in [0, 0.1) is 95.8 Å². The first-order valence-electron chi connectivity index (χ1n) is 13.8. The molecule has 0 aromatic rings. The van der Waals surface area contributed by atoms with E-state index < -0.39 is 23.9 Å². The van der Waals surface area contributed by atoms with E-state index in [1.54, 1.807) is 6.92 Å². The summed E-state index contributed by atoms with van der Waals surface area (Å²) in [6.45, 7) is 23.3. The fourth-order valence-corrected chi connectivity index (χ4v) is 9.80. The normalized spacial score (nSPS) is 50.3. The minimum Gasteiger partial charge on any atom is -0.389 e. The number of aliphatic hydroxyl groups is 2. The number of nitrogens with two attached hydrogens (primary N) is 1. The van der Waals surface area contributed by atoms with Crippen LogP contribution in [0.15, 0.2) is 11.1 Å². The van der Waals surface area contributed by atoms with Gasteiger partial charge in [-0.05, 0) is 66.6 Å². The standard InChI is InChI=1S/C29H51NO5.Ac/c1-14-11-21-29(32,13-34-21)25-18(5)27(9)12-20(24(35-33)23(31)19(6)30)16(3)22(26(27,7)8)15(2)17(4)28(14,25)10;/h14-15,17-21,23-25,31-33H,11-13,30H2,1-10H3;/t14?,15?,17?,18?,19?,20?,21?,23?,24-,25?,27?,28+,29?;/m1./s1. The van der Waals surface area contributed by atoms with Crippen molar-refractivity contribution in [2.24, 2.45) is 57.5 Å². The molecule has 5 N–H and O–H groups in total. The SMILES string of the molecule is CC1=C2C(C)C(C)[C@]3(C)C(C)CC4OCC4(O)C3C(C)C(C)(CC1[C@@H](OO)C(O)C(C)N)C2(C)C.[Ac]. The molecule has 205 valence electrons. The molecular formula is C29H51AcNO5. The summed E-state index contributed by atoms with van der Waals surface area (Å²) < 4.78 is 5.97. The number of allylic oxidation sites excluding steroid dienone is 1. The van der Waals surface area contributed by atoms with Gasteiger partial charge in [0.15, 0.2) is 0 Å². The Labute approximate surface area is 254 Å². The first-order chi connectivity index (χ1) is 16.0. The smallest absolute Gasteiger partial charge is 0.126 e. The molecule has 4 rings (SSSR count). The third-order valence-electron chi connectivity index (χ3n) is 12.7. The van der Waals surface area contributed by atoms with E-state index in [1.165, 1.54) is 11.1 Å². The minimum atomic E-state index is -0.980. The first-order valence-corrected chi connectivity index (χ1v) is 13.8. The largest absolute Gasteiger partial charge is 0.389 e. The Bertz CT molecular complexity index is 878. The molecule has 36 heavy (non-hydrogen) atoms. The number of hydrogen-bond acceptors (Lipinski definition) is 6. The Morgan fingerprint density at radius 2 is 1.67 bits per heavy atom. The van der Waals surface area contributed by atoms with Gasteiger partial charge in [-0.25, -0.2) is 4.89 Å².